The van der Waals surface area contributed by atoms with Crippen LogP contribution in [0.1, 0.15) is 0 Å². The molecule has 3 rings (SSSR count). The van der Waals surface area contributed by atoms with Crippen molar-refractivity contribution in [2.75, 3.05) is 0 Å². The molecule has 0 aliphatic heterocycles. The van der Waals surface area contributed by atoms with Gasteiger partial charge in [0, 0.05) is 17.0 Å². The Labute approximate surface area is 115 Å². The van der Waals surface area contributed by atoms with Crippen molar-refractivity contribution in [3.05, 3.63) is 60.5 Å². The number of nitrogens with zero attached hydrogens (tertiary/aromatic N) is 1. The van der Waals surface area contributed by atoms with Gasteiger partial charge in [-0.3, -0.25) is 4.98 Å². The van der Waals surface area contributed by atoms with Crippen LogP contribution in [0, 0.1) is 5.82 Å². The lowest BCUT2D eigenvalue weighted by atomic mass is 9.79. The van der Waals surface area contributed by atoms with Crippen LogP contribution in [0.5, 0.6) is 0 Å². The first kappa shape index (κ1) is 12.8. The lowest BCUT2D eigenvalue weighted by Gasteiger charge is -2.08. The molecule has 0 aliphatic carbocycles. The molecule has 0 atom stereocenters. The number of pyridine rings is 1. The van der Waals surface area contributed by atoms with Gasteiger partial charge >= 0.3 is 7.12 Å². The third-order valence-electron chi connectivity index (χ3n) is 3.24. The number of benzene rings is 2. The van der Waals surface area contributed by atoms with E-state index in [4.69, 9.17) is 10.0 Å². The van der Waals surface area contributed by atoms with E-state index in [0.717, 1.165) is 16.5 Å². The summed E-state index contributed by atoms with van der Waals surface area (Å²) in [5.74, 6) is -0.640. The van der Waals surface area contributed by atoms with Crippen molar-refractivity contribution >= 4 is 23.5 Å². The van der Waals surface area contributed by atoms with Crippen molar-refractivity contribution in [3.63, 3.8) is 0 Å². The van der Waals surface area contributed by atoms with Crippen molar-refractivity contribution in [3.8, 4) is 11.1 Å². The van der Waals surface area contributed by atoms with Crippen molar-refractivity contribution in [1.82, 2.24) is 4.98 Å². The molecule has 0 saturated carbocycles. The molecule has 0 saturated heterocycles. The fraction of sp³-hybridized carbons (Fsp3) is 0. The monoisotopic (exact) mass is 267 g/mol. The van der Waals surface area contributed by atoms with E-state index in [0.29, 0.717) is 5.56 Å². The number of halogens is 1. The number of hydrogen-bond acceptors (Lipinski definition) is 3. The minimum atomic E-state index is -1.81. The summed E-state index contributed by atoms with van der Waals surface area (Å²) >= 11 is 0. The molecule has 0 radical (unpaired) electrons. The Balaban J connectivity index is 2.19. The minimum absolute atomic E-state index is 0.132. The average molecular weight is 267 g/mol. The van der Waals surface area contributed by atoms with Gasteiger partial charge in [-0.05, 0) is 29.3 Å². The second kappa shape index (κ2) is 5.04. The average Bonchev–Trinajstić information content (AvgIpc) is 2.46. The Morgan fingerprint density at radius 2 is 1.85 bits per heavy atom. The fourth-order valence-corrected chi connectivity index (χ4v) is 2.26. The quantitative estimate of drug-likeness (QED) is 0.695. The maximum absolute atomic E-state index is 13.9. The van der Waals surface area contributed by atoms with E-state index in [1.807, 2.05) is 30.3 Å². The van der Waals surface area contributed by atoms with Crippen LogP contribution in [-0.2, 0) is 0 Å². The molecule has 3 nitrogen and oxygen atoms in total. The molecule has 0 aliphatic rings. The molecule has 1 heterocycles. The predicted octanol–water partition coefficient (Wildman–Crippen LogP) is 1.72. The Kier molecular flexibility index (Phi) is 3.22. The Bertz CT molecular complexity index is 771. The summed E-state index contributed by atoms with van der Waals surface area (Å²) in [5, 5.41) is 19.0. The van der Waals surface area contributed by atoms with Gasteiger partial charge < -0.3 is 10.0 Å². The molecule has 0 fully saturated rings. The Hall–Kier alpha value is -2.24. The molecule has 0 spiro atoms. The zero-order valence-corrected chi connectivity index (χ0v) is 10.5. The van der Waals surface area contributed by atoms with E-state index in [-0.39, 0.29) is 5.46 Å². The molecule has 0 amide bonds. The van der Waals surface area contributed by atoms with Gasteiger partial charge in [0.25, 0.3) is 0 Å². The van der Waals surface area contributed by atoms with Crippen LogP contribution in [0.15, 0.2) is 54.7 Å². The van der Waals surface area contributed by atoms with Crippen LogP contribution in [0.25, 0.3) is 22.0 Å². The molecule has 1 aromatic heterocycles. The molecule has 5 heteroatoms. The van der Waals surface area contributed by atoms with Gasteiger partial charge in [0.2, 0.25) is 0 Å². The Morgan fingerprint density at radius 1 is 1.00 bits per heavy atom. The van der Waals surface area contributed by atoms with Crippen LogP contribution < -0.4 is 5.46 Å². The maximum Gasteiger partial charge on any atom is 0.491 e. The van der Waals surface area contributed by atoms with E-state index >= 15 is 0 Å². The second-order valence-electron chi connectivity index (χ2n) is 4.49. The van der Waals surface area contributed by atoms with Gasteiger partial charge in [-0.1, -0.05) is 30.3 Å². The molecule has 20 heavy (non-hydrogen) atoms. The fourth-order valence-electron chi connectivity index (χ4n) is 2.26. The predicted molar refractivity (Wildman–Crippen MR) is 77.0 cm³/mol. The van der Waals surface area contributed by atoms with Gasteiger partial charge in [-0.15, -0.1) is 0 Å². The van der Waals surface area contributed by atoms with E-state index in [1.165, 1.54) is 12.1 Å². The van der Waals surface area contributed by atoms with Crippen LogP contribution in [-0.4, -0.2) is 22.2 Å². The summed E-state index contributed by atoms with van der Waals surface area (Å²) in [6.45, 7) is 0. The lowest BCUT2D eigenvalue weighted by Crippen LogP contribution is -2.32. The van der Waals surface area contributed by atoms with E-state index < -0.39 is 12.9 Å². The zero-order valence-electron chi connectivity index (χ0n) is 10.5. The molecule has 2 N–H and O–H groups in total. The summed E-state index contributed by atoms with van der Waals surface area (Å²) in [6, 6.07) is 13.7. The van der Waals surface area contributed by atoms with Crippen LogP contribution in [0.4, 0.5) is 4.39 Å². The minimum Gasteiger partial charge on any atom is -0.423 e. The largest absolute Gasteiger partial charge is 0.491 e. The smallest absolute Gasteiger partial charge is 0.423 e. The first-order chi connectivity index (χ1) is 9.66. The highest BCUT2D eigenvalue weighted by Crippen LogP contribution is 2.27. The summed E-state index contributed by atoms with van der Waals surface area (Å²) in [7, 11) is -1.81. The molecular formula is C15H11BFNO2. The molecule has 0 unspecified atom stereocenters. The topological polar surface area (TPSA) is 53.4 Å². The first-order valence-corrected chi connectivity index (χ1v) is 6.16. The summed E-state index contributed by atoms with van der Waals surface area (Å²) in [4.78, 5) is 4.26. The summed E-state index contributed by atoms with van der Waals surface area (Å²) in [6.07, 6.45) is 1.71. The van der Waals surface area contributed by atoms with Gasteiger partial charge in [0.05, 0.1) is 5.52 Å². The van der Waals surface area contributed by atoms with Crippen LogP contribution in [0.2, 0.25) is 0 Å². The number of aromatic nitrogens is 1. The van der Waals surface area contributed by atoms with E-state index in [9.17, 15) is 4.39 Å². The van der Waals surface area contributed by atoms with Gasteiger partial charge in [0.1, 0.15) is 5.82 Å². The van der Waals surface area contributed by atoms with Crippen LogP contribution in [0.3, 0.4) is 0 Å². The van der Waals surface area contributed by atoms with Gasteiger partial charge in [-0.2, -0.15) is 0 Å². The number of rotatable bonds is 2. The third-order valence-corrected chi connectivity index (χ3v) is 3.24. The summed E-state index contributed by atoms with van der Waals surface area (Å²) in [5.41, 5.74) is 2.22. The highest BCUT2D eigenvalue weighted by molar-refractivity contribution is 6.58. The van der Waals surface area contributed by atoms with Crippen molar-refractivity contribution in [2.24, 2.45) is 0 Å². The normalized spacial score (nSPS) is 10.8. The highest BCUT2D eigenvalue weighted by atomic mass is 19.1. The van der Waals surface area contributed by atoms with Gasteiger partial charge in [-0.25, -0.2) is 4.39 Å². The second-order valence-corrected chi connectivity index (χ2v) is 4.49. The van der Waals surface area contributed by atoms with Crippen molar-refractivity contribution < 1.29 is 14.4 Å². The molecule has 98 valence electrons. The highest BCUT2D eigenvalue weighted by Gasteiger charge is 2.17. The molecule has 3 aromatic rings. The maximum atomic E-state index is 13.9. The lowest BCUT2D eigenvalue weighted by molar-refractivity contribution is 0.423. The van der Waals surface area contributed by atoms with Crippen molar-refractivity contribution in [2.45, 2.75) is 0 Å². The summed E-state index contributed by atoms with van der Waals surface area (Å²) < 4.78 is 13.9. The van der Waals surface area contributed by atoms with Crippen molar-refractivity contribution in [1.29, 1.82) is 0 Å². The first-order valence-electron chi connectivity index (χ1n) is 6.16. The Morgan fingerprint density at radius 3 is 2.60 bits per heavy atom. The number of hydrogen-bond donors (Lipinski definition) is 2. The van der Waals surface area contributed by atoms with Gasteiger partial charge in [0.15, 0.2) is 0 Å². The molecule has 2 aromatic carbocycles. The number of fused-ring (bicyclic) bond motifs is 1. The third kappa shape index (κ3) is 2.17. The SMILES string of the molecule is OB(O)c1ccc(-c2cccc3ncccc23)cc1F. The van der Waals surface area contributed by atoms with Crippen LogP contribution >= 0.6 is 0 Å². The molecular weight excluding hydrogens is 256 g/mol. The molecule has 0 bridgehead atoms. The standard InChI is InChI=1S/C15H11BFNO2/c17-14-9-10(6-7-13(14)16(19)20)11-3-1-5-15-12(11)4-2-8-18-15/h1-9,19-20H. The van der Waals surface area contributed by atoms with E-state index in [1.54, 1.807) is 12.3 Å². The zero-order chi connectivity index (χ0) is 14.1. The van der Waals surface area contributed by atoms with E-state index in [2.05, 4.69) is 4.98 Å².